The monoisotopic (exact) mass is 399 g/mol. The number of H-pyrrole nitrogens is 1. The molecule has 1 spiro atoms. The fraction of sp³-hybridized carbons (Fsp3) is 0.400. The highest BCUT2D eigenvalue weighted by atomic mass is 32.2. The van der Waals surface area contributed by atoms with E-state index in [1.54, 1.807) is 11.3 Å². The molecule has 0 saturated carbocycles. The second-order valence-electron chi connectivity index (χ2n) is 7.42. The highest BCUT2D eigenvalue weighted by Gasteiger charge is 2.51. The predicted molar refractivity (Wildman–Crippen MR) is 109 cm³/mol. The summed E-state index contributed by atoms with van der Waals surface area (Å²) >= 11 is 3.62. The number of nitrogens with one attached hydrogen (secondary N) is 1. The number of carbonyl (C=O) groups is 1. The van der Waals surface area contributed by atoms with Crippen LogP contribution in [-0.4, -0.2) is 50.5 Å². The van der Waals surface area contributed by atoms with Crippen LogP contribution in [0.3, 0.4) is 0 Å². The van der Waals surface area contributed by atoms with Crippen molar-refractivity contribution in [2.45, 2.75) is 30.8 Å². The number of hydrogen-bond acceptors (Lipinski definition) is 5. The Morgan fingerprint density at radius 3 is 3.04 bits per heavy atom. The average Bonchev–Trinajstić information content (AvgIpc) is 3.35. The van der Waals surface area contributed by atoms with E-state index in [2.05, 4.69) is 15.3 Å². The van der Waals surface area contributed by atoms with Gasteiger partial charge < -0.3 is 14.6 Å². The molecule has 27 heavy (non-hydrogen) atoms. The third-order valence-electron chi connectivity index (χ3n) is 5.31. The van der Waals surface area contributed by atoms with Crippen molar-refractivity contribution >= 4 is 39.9 Å². The molecule has 2 aliphatic heterocycles. The normalized spacial score (nSPS) is 21.1. The molecular weight excluding hydrogens is 378 g/mol. The summed E-state index contributed by atoms with van der Waals surface area (Å²) in [5.74, 6) is 1.09. The maximum absolute atomic E-state index is 12.8. The molecule has 7 heteroatoms. The number of thiazole rings is 1. The third kappa shape index (κ3) is 3.28. The number of para-hydroxylation sites is 1. The van der Waals surface area contributed by atoms with Crippen molar-refractivity contribution in [3.05, 3.63) is 52.1 Å². The molecule has 1 aromatic carbocycles. The third-order valence-corrected chi connectivity index (χ3v) is 7.71. The zero-order valence-electron chi connectivity index (χ0n) is 15.1. The topological polar surface area (TPSA) is 58.2 Å². The van der Waals surface area contributed by atoms with Gasteiger partial charge in [0.2, 0.25) is 0 Å². The molecule has 1 atom stereocenters. The first-order chi connectivity index (χ1) is 13.1. The van der Waals surface area contributed by atoms with Gasteiger partial charge in [0, 0.05) is 35.1 Å². The van der Waals surface area contributed by atoms with E-state index in [4.69, 9.17) is 4.74 Å². The van der Waals surface area contributed by atoms with Crippen molar-refractivity contribution < 1.29 is 9.53 Å². The summed E-state index contributed by atoms with van der Waals surface area (Å²) in [5, 5.41) is 4.23. The van der Waals surface area contributed by atoms with Crippen LogP contribution in [0.1, 0.15) is 27.6 Å². The molecule has 5 nitrogen and oxygen atoms in total. The van der Waals surface area contributed by atoms with Crippen LogP contribution in [-0.2, 0) is 11.3 Å². The van der Waals surface area contributed by atoms with Gasteiger partial charge in [-0.05, 0) is 25.5 Å². The van der Waals surface area contributed by atoms with Crippen molar-refractivity contribution in [1.29, 1.82) is 0 Å². The summed E-state index contributed by atoms with van der Waals surface area (Å²) in [6.07, 6.45) is 1.26. The van der Waals surface area contributed by atoms with Gasteiger partial charge in [-0.1, -0.05) is 18.2 Å². The Balaban J connectivity index is 1.17. The number of rotatable bonds is 4. The molecule has 3 aromatic rings. The van der Waals surface area contributed by atoms with Gasteiger partial charge in [0.1, 0.15) is 5.69 Å². The molecule has 5 rings (SSSR count). The molecule has 2 fully saturated rings. The van der Waals surface area contributed by atoms with Gasteiger partial charge in [0.15, 0.2) is 0 Å². The number of aromatic amines is 1. The maximum atomic E-state index is 12.8. The number of hydrogen-bond donors (Lipinski definition) is 1. The highest BCUT2D eigenvalue weighted by Crippen LogP contribution is 2.46. The minimum absolute atomic E-state index is 0.0970. The van der Waals surface area contributed by atoms with Crippen LogP contribution in [0.25, 0.3) is 10.9 Å². The molecule has 2 aliphatic rings. The first kappa shape index (κ1) is 17.3. The summed E-state index contributed by atoms with van der Waals surface area (Å²) in [5.41, 5.74) is 2.71. The first-order valence-electron chi connectivity index (χ1n) is 9.14. The summed E-state index contributed by atoms with van der Waals surface area (Å²) in [7, 11) is 0. The summed E-state index contributed by atoms with van der Waals surface area (Å²) in [4.78, 5) is 22.4. The van der Waals surface area contributed by atoms with Crippen molar-refractivity contribution in [2.75, 3.05) is 18.8 Å². The smallest absolute Gasteiger partial charge is 0.270 e. The minimum atomic E-state index is 0.0970. The zero-order valence-corrected chi connectivity index (χ0v) is 16.7. The fourth-order valence-corrected chi connectivity index (χ4v) is 6.11. The number of fused-ring (bicyclic) bond motifs is 1. The number of amides is 1. The molecule has 1 N–H and O–H groups in total. The Bertz CT molecular complexity index is 957. The lowest BCUT2D eigenvalue weighted by Crippen LogP contribution is -2.60. The minimum Gasteiger partial charge on any atom is -0.371 e. The first-order valence-corrected chi connectivity index (χ1v) is 11.0. The number of benzene rings is 1. The number of thioether (sulfide) groups is 1. The summed E-state index contributed by atoms with van der Waals surface area (Å²) in [6.45, 7) is 4.22. The molecule has 2 saturated heterocycles. The lowest BCUT2D eigenvalue weighted by atomic mass is 9.92. The van der Waals surface area contributed by atoms with E-state index in [-0.39, 0.29) is 16.8 Å². The molecule has 1 unspecified atom stereocenters. The van der Waals surface area contributed by atoms with Crippen molar-refractivity contribution in [3.8, 4) is 0 Å². The van der Waals surface area contributed by atoms with Gasteiger partial charge in [-0.2, -0.15) is 0 Å². The van der Waals surface area contributed by atoms with Gasteiger partial charge in [-0.3, -0.25) is 4.79 Å². The fourth-order valence-electron chi connectivity index (χ4n) is 3.96. The quantitative estimate of drug-likeness (QED) is 0.724. The largest absolute Gasteiger partial charge is 0.371 e. The van der Waals surface area contributed by atoms with Crippen LogP contribution in [0, 0.1) is 6.92 Å². The van der Waals surface area contributed by atoms with E-state index in [1.165, 1.54) is 0 Å². The van der Waals surface area contributed by atoms with E-state index in [9.17, 15) is 4.79 Å². The number of ether oxygens (including phenoxy) is 1. The molecule has 0 bridgehead atoms. The van der Waals surface area contributed by atoms with Crippen LogP contribution in [0.5, 0.6) is 0 Å². The van der Waals surface area contributed by atoms with E-state index >= 15 is 0 Å². The Kier molecular flexibility index (Phi) is 4.26. The molecule has 1 amide bonds. The van der Waals surface area contributed by atoms with E-state index in [0.29, 0.717) is 12.3 Å². The average molecular weight is 400 g/mol. The zero-order chi connectivity index (χ0) is 18.4. The molecular formula is C20H21N3O2S2. The van der Waals surface area contributed by atoms with Crippen LogP contribution in [0.15, 0.2) is 35.7 Å². The van der Waals surface area contributed by atoms with Crippen LogP contribution >= 0.6 is 23.1 Å². The molecule has 0 aliphatic carbocycles. The number of aromatic nitrogens is 2. The van der Waals surface area contributed by atoms with Crippen molar-refractivity contribution in [3.63, 3.8) is 0 Å². The van der Waals surface area contributed by atoms with E-state index in [1.807, 2.05) is 53.9 Å². The molecule has 4 heterocycles. The number of likely N-dealkylation sites (tertiary alicyclic amines) is 1. The van der Waals surface area contributed by atoms with E-state index in [0.717, 1.165) is 46.9 Å². The number of carbonyl (C=O) groups excluding carboxylic acids is 1. The van der Waals surface area contributed by atoms with Crippen LogP contribution in [0.4, 0.5) is 0 Å². The second kappa shape index (κ2) is 6.65. The van der Waals surface area contributed by atoms with Gasteiger partial charge in [-0.25, -0.2) is 4.98 Å². The Hall–Kier alpha value is -1.83. The summed E-state index contributed by atoms with van der Waals surface area (Å²) in [6, 6.07) is 9.95. The number of aryl methyl sites for hydroxylation is 1. The van der Waals surface area contributed by atoms with Crippen molar-refractivity contribution in [2.24, 2.45) is 0 Å². The SMILES string of the molecule is Cc1nc(COC2CSC3(C2)CN(C(=O)c2cc4ccccc4[nH]2)C3)cs1. The second-order valence-corrected chi connectivity index (χ2v) is 9.97. The van der Waals surface area contributed by atoms with Crippen LogP contribution < -0.4 is 0 Å². The van der Waals surface area contributed by atoms with Gasteiger partial charge in [-0.15, -0.1) is 23.1 Å². The predicted octanol–water partition coefficient (Wildman–Crippen LogP) is 3.85. The Labute approximate surface area is 166 Å². The van der Waals surface area contributed by atoms with Crippen molar-refractivity contribution in [1.82, 2.24) is 14.9 Å². The highest BCUT2D eigenvalue weighted by molar-refractivity contribution is 8.01. The molecule has 0 radical (unpaired) electrons. The van der Waals surface area contributed by atoms with Gasteiger partial charge in [0.05, 0.1) is 28.2 Å². The van der Waals surface area contributed by atoms with Gasteiger partial charge >= 0.3 is 0 Å². The van der Waals surface area contributed by atoms with E-state index < -0.39 is 0 Å². The lowest BCUT2D eigenvalue weighted by molar-refractivity contribution is 0.0244. The molecule has 140 valence electrons. The summed E-state index contributed by atoms with van der Waals surface area (Å²) < 4.78 is 6.24. The maximum Gasteiger partial charge on any atom is 0.270 e. The Morgan fingerprint density at radius 2 is 2.26 bits per heavy atom. The lowest BCUT2D eigenvalue weighted by Gasteiger charge is -2.47. The number of nitrogens with zero attached hydrogens (tertiary/aromatic N) is 2. The molecule has 2 aromatic heterocycles. The Morgan fingerprint density at radius 1 is 1.41 bits per heavy atom. The van der Waals surface area contributed by atoms with Gasteiger partial charge in [0.25, 0.3) is 5.91 Å². The standard InChI is InChI=1S/C20H21N3O2S2/c1-13-21-15(9-26-13)8-25-16-7-20(27-10-16)11-23(12-20)19(24)18-6-14-4-2-3-5-17(14)22-18/h2-6,9,16,22H,7-8,10-12H2,1H3. The van der Waals surface area contributed by atoms with Crippen LogP contribution in [0.2, 0.25) is 0 Å².